The number of para-hydroxylation sites is 3. The second-order valence-electron chi connectivity index (χ2n) is 11.2. The van der Waals surface area contributed by atoms with Crippen LogP contribution in [0.15, 0.2) is 147 Å². The van der Waals surface area contributed by atoms with Gasteiger partial charge in [-0.25, -0.2) is 4.98 Å². The minimum Gasteiger partial charge on any atom is -0.456 e. The third-order valence-corrected chi connectivity index (χ3v) is 8.72. The van der Waals surface area contributed by atoms with E-state index in [4.69, 9.17) is 18.2 Å². The van der Waals surface area contributed by atoms with Gasteiger partial charge in [-0.05, 0) is 66.0 Å². The lowest BCUT2D eigenvalue weighted by atomic mass is 10.0. The first-order valence-corrected chi connectivity index (χ1v) is 14.6. The highest BCUT2D eigenvalue weighted by Gasteiger charge is 2.21. The zero-order valence-electron chi connectivity index (χ0n) is 23.3. The van der Waals surface area contributed by atoms with E-state index in [9.17, 15) is 0 Å². The fourth-order valence-electron chi connectivity index (χ4n) is 6.74. The molecule has 0 bridgehead atoms. The molecule has 4 aromatic heterocycles. The second kappa shape index (κ2) is 8.72. The summed E-state index contributed by atoms with van der Waals surface area (Å²) in [5.41, 5.74) is 7.99. The molecule has 10 aromatic rings. The molecule has 5 heteroatoms. The first-order chi connectivity index (χ1) is 21.8. The number of nitrogens with zero attached hydrogens (tertiary/aromatic N) is 2. The Kier molecular flexibility index (Phi) is 4.66. The van der Waals surface area contributed by atoms with E-state index in [1.807, 2.05) is 48.7 Å². The largest absolute Gasteiger partial charge is 0.456 e. The van der Waals surface area contributed by atoms with E-state index in [0.29, 0.717) is 5.71 Å². The molecule has 4 heterocycles. The van der Waals surface area contributed by atoms with Crippen LogP contribution in [0.25, 0.3) is 76.7 Å². The van der Waals surface area contributed by atoms with E-state index in [2.05, 4.69) is 89.8 Å². The first-order valence-electron chi connectivity index (χ1n) is 14.6. The van der Waals surface area contributed by atoms with Crippen LogP contribution in [0.2, 0.25) is 0 Å². The van der Waals surface area contributed by atoms with Gasteiger partial charge >= 0.3 is 0 Å². The van der Waals surface area contributed by atoms with Gasteiger partial charge in [0.15, 0.2) is 0 Å². The van der Waals surface area contributed by atoms with E-state index >= 15 is 0 Å². The summed E-state index contributed by atoms with van der Waals surface area (Å²) in [5, 5.41) is 8.51. The molecule has 0 aliphatic heterocycles. The molecule has 206 valence electrons. The van der Waals surface area contributed by atoms with Crippen molar-refractivity contribution in [3.05, 3.63) is 134 Å². The molecule has 0 amide bonds. The van der Waals surface area contributed by atoms with Crippen molar-refractivity contribution in [2.75, 3.05) is 4.90 Å². The van der Waals surface area contributed by atoms with Gasteiger partial charge in [0, 0.05) is 49.9 Å². The van der Waals surface area contributed by atoms with Gasteiger partial charge < -0.3 is 18.2 Å². The Labute approximate surface area is 250 Å². The predicted molar refractivity (Wildman–Crippen MR) is 178 cm³/mol. The third-order valence-electron chi connectivity index (χ3n) is 8.72. The summed E-state index contributed by atoms with van der Waals surface area (Å²) in [4.78, 5) is 7.12. The van der Waals surface area contributed by atoms with E-state index in [1.165, 1.54) is 0 Å². The van der Waals surface area contributed by atoms with Gasteiger partial charge in [-0.1, -0.05) is 66.7 Å². The fourth-order valence-corrected chi connectivity index (χ4v) is 6.74. The number of rotatable bonds is 3. The lowest BCUT2D eigenvalue weighted by Gasteiger charge is -2.27. The Morgan fingerprint density at radius 3 is 1.57 bits per heavy atom. The lowest BCUT2D eigenvalue weighted by molar-refractivity contribution is 0.654. The number of anilines is 3. The molecule has 0 radical (unpaired) electrons. The number of aromatic nitrogens is 1. The van der Waals surface area contributed by atoms with Crippen LogP contribution >= 0.6 is 0 Å². The molecule has 0 spiro atoms. The summed E-state index contributed by atoms with van der Waals surface area (Å²) < 4.78 is 18.5. The first kappa shape index (κ1) is 23.5. The highest BCUT2D eigenvalue weighted by molar-refractivity contribution is 6.20. The Morgan fingerprint density at radius 2 is 0.932 bits per heavy atom. The van der Waals surface area contributed by atoms with Crippen molar-refractivity contribution in [3.63, 3.8) is 0 Å². The number of benzene rings is 6. The van der Waals surface area contributed by atoms with Crippen LogP contribution in [0.4, 0.5) is 17.1 Å². The van der Waals surface area contributed by atoms with Crippen molar-refractivity contribution >= 4 is 93.8 Å². The van der Waals surface area contributed by atoms with Crippen LogP contribution in [-0.2, 0) is 0 Å². The van der Waals surface area contributed by atoms with Crippen molar-refractivity contribution in [2.45, 2.75) is 0 Å². The van der Waals surface area contributed by atoms with Crippen molar-refractivity contribution in [1.82, 2.24) is 4.98 Å². The summed E-state index contributed by atoms with van der Waals surface area (Å²) in [6.45, 7) is 0. The number of furan rings is 3. The summed E-state index contributed by atoms with van der Waals surface area (Å²) in [7, 11) is 0. The van der Waals surface area contributed by atoms with Crippen molar-refractivity contribution in [2.24, 2.45) is 0 Å². The molecule has 44 heavy (non-hydrogen) atoms. The quantitative estimate of drug-likeness (QED) is 0.213. The molecule has 10 rings (SSSR count). The second-order valence-corrected chi connectivity index (χ2v) is 11.2. The van der Waals surface area contributed by atoms with Gasteiger partial charge in [-0.2, -0.15) is 0 Å². The van der Waals surface area contributed by atoms with Crippen LogP contribution in [0.3, 0.4) is 0 Å². The summed E-state index contributed by atoms with van der Waals surface area (Å²) in [6, 6.07) is 43.7. The average molecular weight is 567 g/mol. The zero-order valence-corrected chi connectivity index (χ0v) is 23.3. The predicted octanol–water partition coefficient (Wildman–Crippen LogP) is 11.4. The van der Waals surface area contributed by atoms with E-state index in [-0.39, 0.29) is 0 Å². The van der Waals surface area contributed by atoms with Crippen LogP contribution in [0, 0.1) is 0 Å². The van der Waals surface area contributed by atoms with Gasteiger partial charge in [0.25, 0.3) is 0 Å². The summed E-state index contributed by atoms with van der Waals surface area (Å²) in [5.74, 6) is 0. The molecular formula is C39H22N2O3. The van der Waals surface area contributed by atoms with Crippen molar-refractivity contribution < 1.29 is 13.3 Å². The average Bonchev–Trinajstić information content (AvgIpc) is 3.76. The Hall–Kier alpha value is -6.07. The number of hydrogen-bond acceptors (Lipinski definition) is 5. The van der Waals surface area contributed by atoms with Gasteiger partial charge in [0.05, 0.1) is 11.1 Å². The lowest BCUT2D eigenvalue weighted by Crippen LogP contribution is -2.10. The zero-order chi connectivity index (χ0) is 28.8. The number of pyridine rings is 1. The maximum absolute atomic E-state index is 6.19. The standard InChI is InChI=1S/C39H22N2O3/c1-4-13-33-25(8-1)29-20-23(16-18-36(29)42-33)41(24-17-19-37-30(21-24)26-9-2-5-14-34(26)43-37)32-12-7-11-27-31(32)22-40-39-38(27)28-10-3-6-15-35(28)44-39/h1-22H. The summed E-state index contributed by atoms with van der Waals surface area (Å²) >= 11 is 0. The van der Waals surface area contributed by atoms with E-state index < -0.39 is 0 Å². The molecular weight excluding hydrogens is 544 g/mol. The Balaban J connectivity index is 1.29. The molecule has 0 unspecified atom stereocenters. The number of hydrogen-bond donors (Lipinski definition) is 0. The molecule has 0 saturated carbocycles. The normalized spacial score (nSPS) is 12.1. The summed E-state index contributed by atoms with van der Waals surface area (Å²) in [6.07, 6.45) is 1.93. The SMILES string of the molecule is c1ccc2c(c1)oc1ccc(N(c3ccc4oc5ccccc5c4c3)c3cccc4c3cnc3oc5ccccc5c34)cc12. The molecule has 0 atom stereocenters. The van der Waals surface area contributed by atoms with Gasteiger partial charge in [0.1, 0.15) is 27.9 Å². The number of fused-ring (bicyclic) bond motifs is 11. The topological polar surface area (TPSA) is 55.6 Å². The highest BCUT2D eigenvalue weighted by Crippen LogP contribution is 2.44. The monoisotopic (exact) mass is 566 g/mol. The van der Waals surface area contributed by atoms with Crippen molar-refractivity contribution in [1.29, 1.82) is 0 Å². The maximum atomic E-state index is 6.19. The fraction of sp³-hybridized carbons (Fsp3) is 0. The molecule has 0 aliphatic rings. The minimum atomic E-state index is 0.639. The molecule has 0 saturated heterocycles. The maximum Gasteiger partial charge on any atom is 0.227 e. The van der Waals surface area contributed by atoms with Crippen LogP contribution in [-0.4, -0.2) is 4.98 Å². The van der Waals surface area contributed by atoms with Crippen LogP contribution in [0.1, 0.15) is 0 Å². The molecule has 0 N–H and O–H groups in total. The third kappa shape index (κ3) is 3.26. The smallest absolute Gasteiger partial charge is 0.227 e. The van der Waals surface area contributed by atoms with Crippen LogP contribution in [0.5, 0.6) is 0 Å². The highest BCUT2D eigenvalue weighted by atomic mass is 16.3. The van der Waals surface area contributed by atoms with Crippen molar-refractivity contribution in [3.8, 4) is 0 Å². The van der Waals surface area contributed by atoms with Gasteiger partial charge in [-0.3, -0.25) is 0 Å². The molecule has 0 fully saturated rings. The molecule has 0 aliphatic carbocycles. The minimum absolute atomic E-state index is 0.639. The van der Waals surface area contributed by atoms with Gasteiger partial charge in [0.2, 0.25) is 5.71 Å². The van der Waals surface area contributed by atoms with Crippen LogP contribution < -0.4 is 4.90 Å². The van der Waals surface area contributed by atoms with E-state index in [0.717, 1.165) is 88.1 Å². The van der Waals surface area contributed by atoms with Gasteiger partial charge in [-0.15, -0.1) is 0 Å². The Morgan fingerprint density at radius 1 is 0.409 bits per heavy atom. The molecule has 5 nitrogen and oxygen atoms in total. The Bertz CT molecular complexity index is 2630. The molecule has 6 aromatic carbocycles. The van der Waals surface area contributed by atoms with E-state index in [1.54, 1.807) is 0 Å².